The number of rotatable bonds is 4. The summed E-state index contributed by atoms with van der Waals surface area (Å²) in [6.45, 7) is 4.35. The maximum Gasteiger partial charge on any atom is 0.270 e. The zero-order valence-corrected chi connectivity index (χ0v) is 17.2. The third-order valence-electron chi connectivity index (χ3n) is 5.49. The minimum absolute atomic E-state index is 0.125. The van der Waals surface area contributed by atoms with E-state index in [1.807, 2.05) is 11.4 Å². The van der Waals surface area contributed by atoms with Gasteiger partial charge in [0.25, 0.3) is 5.56 Å². The number of thiophene rings is 1. The van der Waals surface area contributed by atoms with Gasteiger partial charge in [0, 0.05) is 43.7 Å². The van der Waals surface area contributed by atoms with E-state index in [4.69, 9.17) is 4.98 Å². The monoisotopic (exact) mass is 420 g/mol. The SMILES string of the molecule is O=c1[nH]c(N2CCN(Cc3ccccc3)CC2)nc2c(-c3ccc(F)cc3)csc12. The fourth-order valence-electron chi connectivity index (χ4n) is 3.86. The van der Waals surface area contributed by atoms with Crippen molar-refractivity contribution in [2.45, 2.75) is 6.54 Å². The molecule has 0 bridgehead atoms. The molecule has 0 radical (unpaired) electrons. The Labute approximate surface area is 177 Å². The van der Waals surface area contributed by atoms with Crippen LogP contribution >= 0.6 is 11.3 Å². The van der Waals surface area contributed by atoms with Crippen LogP contribution in [0.5, 0.6) is 0 Å². The van der Waals surface area contributed by atoms with E-state index in [2.05, 4.69) is 39.0 Å². The van der Waals surface area contributed by atoms with Gasteiger partial charge in [-0.25, -0.2) is 9.37 Å². The van der Waals surface area contributed by atoms with Crippen LogP contribution in [-0.2, 0) is 6.54 Å². The molecule has 0 saturated carbocycles. The van der Waals surface area contributed by atoms with Gasteiger partial charge in [-0.1, -0.05) is 42.5 Å². The van der Waals surface area contributed by atoms with Crippen molar-refractivity contribution in [2.75, 3.05) is 31.1 Å². The van der Waals surface area contributed by atoms with Gasteiger partial charge in [0.2, 0.25) is 5.95 Å². The molecule has 1 N–H and O–H groups in total. The number of nitrogens with zero attached hydrogens (tertiary/aromatic N) is 3. The Hall–Kier alpha value is -3.03. The van der Waals surface area contributed by atoms with Crippen LogP contribution in [0, 0.1) is 5.82 Å². The fraction of sp³-hybridized carbons (Fsp3) is 0.217. The molecule has 5 nitrogen and oxygen atoms in total. The van der Waals surface area contributed by atoms with Gasteiger partial charge in [0.15, 0.2) is 0 Å². The maximum absolute atomic E-state index is 13.3. The van der Waals surface area contributed by atoms with E-state index in [1.165, 1.54) is 29.0 Å². The molecular weight excluding hydrogens is 399 g/mol. The maximum atomic E-state index is 13.3. The number of hydrogen-bond donors (Lipinski definition) is 1. The Morgan fingerprint density at radius 2 is 1.73 bits per heavy atom. The molecule has 30 heavy (non-hydrogen) atoms. The van der Waals surface area contributed by atoms with E-state index >= 15 is 0 Å². The van der Waals surface area contributed by atoms with Crippen molar-refractivity contribution in [3.63, 3.8) is 0 Å². The predicted molar refractivity (Wildman–Crippen MR) is 120 cm³/mol. The van der Waals surface area contributed by atoms with Gasteiger partial charge in [-0.05, 0) is 23.3 Å². The van der Waals surface area contributed by atoms with Crippen molar-refractivity contribution in [1.82, 2.24) is 14.9 Å². The molecule has 152 valence electrons. The average Bonchev–Trinajstić information content (AvgIpc) is 3.20. The minimum Gasteiger partial charge on any atom is -0.340 e. The lowest BCUT2D eigenvalue weighted by Crippen LogP contribution is -2.46. The number of H-pyrrole nitrogens is 1. The van der Waals surface area contributed by atoms with Gasteiger partial charge < -0.3 is 4.90 Å². The summed E-state index contributed by atoms with van der Waals surface area (Å²) in [5, 5.41) is 1.92. The highest BCUT2D eigenvalue weighted by atomic mass is 32.1. The van der Waals surface area contributed by atoms with Crippen molar-refractivity contribution in [2.24, 2.45) is 0 Å². The van der Waals surface area contributed by atoms with E-state index in [-0.39, 0.29) is 11.4 Å². The van der Waals surface area contributed by atoms with Crippen LogP contribution in [0.4, 0.5) is 10.3 Å². The Kier molecular flexibility index (Phi) is 5.06. The van der Waals surface area contributed by atoms with Crippen LogP contribution in [0.1, 0.15) is 5.56 Å². The highest BCUT2D eigenvalue weighted by molar-refractivity contribution is 7.17. The van der Waals surface area contributed by atoms with Crippen molar-refractivity contribution >= 4 is 27.5 Å². The first-order chi connectivity index (χ1) is 14.7. The van der Waals surface area contributed by atoms with Crippen LogP contribution in [0.3, 0.4) is 0 Å². The number of nitrogens with one attached hydrogen (secondary N) is 1. The Bertz CT molecular complexity index is 1210. The molecule has 5 rings (SSSR count). The number of halogens is 1. The molecule has 4 aromatic rings. The van der Waals surface area contributed by atoms with E-state index in [0.717, 1.165) is 43.9 Å². The lowest BCUT2D eigenvalue weighted by molar-refractivity contribution is 0.248. The molecule has 1 aliphatic rings. The molecule has 3 heterocycles. The minimum atomic E-state index is -0.279. The Balaban J connectivity index is 1.38. The number of aromatic amines is 1. The fourth-order valence-corrected chi connectivity index (χ4v) is 4.77. The molecule has 0 amide bonds. The molecule has 0 unspecified atom stereocenters. The van der Waals surface area contributed by atoms with Crippen LogP contribution < -0.4 is 10.5 Å². The molecule has 0 aliphatic carbocycles. The smallest absolute Gasteiger partial charge is 0.270 e. The summed E-state index contributed by atoms with van der Waals surface area (Å²) in [5.74, 6) is 0.326. The molecule has 2 aromatic heterocycles. The second-order valence-electron chi connectivity index (χ2n) is 7.47. The van der Waals surface area contributed by atoms with Crippen LogP contribution in [-0.4, -0.2) is 41.0 Å². The summed E-state index contributed by atoms with van der Waals surface area (Å²) < 4.78 is 13.9. The topological polar surface area (TPSA) is 52.2 Å². The van der Waals surface area contributed by atoms with E-state index in [0.29, 0.717) is 16.2 Å². The molecule has 1 aliphatic heterocycles. The van der Waals surface area contributed by atoms with Crippen LogP contribution in [0.2, 0.25) is 0 Å². The van der Waals surface area contributed by atoms with Crippen LogP contribution in [0.15, 0.2) is 64.8 Å². The summed E-state index contributed by atoms with van der Waals surface area (Å²) in [6.07, 6.45) is 0. The Morgan fingerprint density at radius 3 is 2.47 bits per heavy atom. The summed E-state index contributed by atoms with van der Waals surface area (Å²) in [6, 6.07) is 16.8. The first-order valence-electron chi connectivity index (χ1n) is 9.96. The first-order valence-corrected chi connectivity index (χ1v) is 10.8. The van der Waals surface area contributed by atoms with Gasteiger partial charge in [-0.2, -0.15) is 0 Å². The predicted octanol–water partition coefficient (Wildman–Crippen LogP) is 4.11. The number of aromatic nitrogens is 2. The van der Waals surface area contributed by atoms with Crippen molar-refractivity contribution in [3.05, 3.63) is 81.7 Å². The van der Waals surface area contributed by atoms with Gasteiger partial charge in [0.05, 0.1) is 5.52 Å². The number of benzene rings is 2. The molecule has 7 heteroatoms. The van der Waals surface area contributed by atoms with Gasteiger partial charge in [-0.3, -0.25) is 14.7 Å². The molecule has 1 fully saturated rings. The number of piperazine rings is 1. The zero-order chi connectivity index (χ0) is 20.5. The highest BCUT2D eigenvalue weighted by Gasteiger charge is 2.21. The summed E-state index contributed by atoms with van der Waals surface area (Å²) in [7, 11) is 0. The second-order valence-corrected chi connectivity index (χ2v) is 8.35. The van der Waals surface area contributed by atoms with E-state index in [9.17, 15) is 9.18 Å². The molecule has 0 spiro atoms. The lowest BCUT2D eigenvalue weighted by atomic mass is 10.1. The lowest BCUT2D eigenvalue weighted by Gasteiger charge is -2.35. The van der Waals surface area contributed by atoms with Crippen molar-refractivity contribution < 1.29 is 4.39 Å². The number of anilines is 1. The Morgan fingerprint density at radius 1 is 1.00 bits per heavy atom. The zero-order valence-electron chi connectivity index (χ0n) is 16.3. The number of fused-ring (bicyclic) bond motifs is 1. The quantitative estimate of drug-likeness (QED) is 0.540. The van der Waals surface area contributed by atoms with Gasteiger partial charge >= 0.3 is 0 Å². The van der Waals surface area contributed by atoms with Crippen molar-refractivity contribution in [1.29, 1.82) is 0 Å². The third kappa shape index (κ3) is 3.74. The highest BCUT2D eigenvalue weighted by Crippen LogP contribution is 2.31. The molecular formula is C23H21FN4OS. The summed E-state index contributed by atoms with van der Waals surface area (Å²) >= 11 is 1.37. The molecule has 2 aromatic carbocycles. The summed E-state index contributed by atoms with van der Waals surface area (Å²) in [4.78, 5) is 25.0. The molecule has 0 atom stereocenters. The first kappa shape index (κ1) is 19.0. The van der Waals surface area contributed by atoms with Gasteiger partial charge in [0.1, 0.15) is 10.5 Å². The van der Waals surface area contributed by atoms with Gasteiger partial charge in [-0.15, -0.1) is 11.3 Å². The average molecular weight is 421 g/mol. The third-order valence-corrected chi connectivity index (χ3v) is 6.46. The normalized spacial score (nSPS) is 15.0. The van der Waals surface area contributed by atoms with E-state index < -0.39 is 0 Å². The second kappa shape index (κ2) is 8.01. The largest absolute Gasteiger partial charge is 0.340 e. The van der Waals surface area contributed by atoms with E-state index in [1.54, 1.807) is 12.1 Å². The summed E-state index contributed by atoms with van der Waals surface area (Å²) in [5.41, 5.74) is 3.59. The number of hydrogen-bond acceptors (Lipinski definition) is 5. The van der Waals surface area contributed by atoms with Crippen LogP contribution in [0.25, 0.3) is 21.3 Å². The molecule has 1 saturated heterocycles. The van der Waals surface area contributed by atoms with Crippen molar-refractivity contribution in [3.8, 4) is 11.1 Å². The standard InChI is InChI=1S/C23H21FN4OS/c24-18-8-6-17(7-9-18)19-15-30-21-20(19)25-23(26-22(21)29)28-12-10-27(11-13-28)14-16-4-2-1-3-5-16/h1-9,15H,10-14H2,(H,25,26,29).